The van der Waals surface area contributed by atoms with Gasteiger partial charge in [0.1, 0.15) is 17.5 Å². The highest BCUT2D eigenvalue weighted by Crippen LogP contribution is 2.46. The molecule has 180 valence electrons. The van der Waals surface area contributed by atoms with Gasteiger partial charge in [-0.1, -0.05) is 6.92 Å². The van der Waals surface area contributed by atoms with Crippen molar-refractivity contribution in [1.29, 1.82) is 0 Å². The molecule has 0 amide bonds. The van der Waals surface area contributed by atoms with E-state index in [1.54, 1.807) is 6.07 Å². The van der Waals surface area contributed by atoms with Gasteiger partial charge in [-0.2, -0.15) is 0 Å². The maximum atomic E-state index is 14.3. The number of aromatic amines is 1. The second-order valence-electron chi connectivity index (χ2n) is 9.81. The smallest absolute Gasteiger partial charge is 0.164 e. The lowest BCUT2D eigenvalue weighted by molar-refractivity contribution is 0.0928. The van der Waals surface area contributed by atoms with E-state index in [0.717, 1.165) is 18.2 Å². The molecule has 2 aromatic heterocycles. The Hall–Kier alpha value is -3.42. The number of H-pyrrole nitrogens is 1. The van der Waals surface area contributed by atoms with Crippen LogP contribution in [0, 0.1) is 41.0 Å². The summed E-state index contributed by atoms with van der Waals surface area (Å²) in [5.74, 6) is -0.886. The van der Waals surface area contributed by atoms with Crippen LogP contribution in [-0.4, -0.2) is 21.0 Å². The Morgan fingerprint density at radius 3 is 2.37 bits per heavy atom. The predicted octanol–water partition coefficient (Wildman–Crippen LogP) is 7.08. The SMILES string of the molecule is C[C@H]1C2CCC(CC2)[C@@H]1Nc1cc(-c2ccc(F)c(F)c2)nc(-c2c[nH]c3c(F)cc(F)cc23)n1. The van der Waals surface area contributed by atoms with Crippen molar-refractivity contribution in [2.24, 2.45) is 17.8 Å². The summed E-state index contributed by atoms with van der Waals surface area (Å²) in [5.41, 5.74) is 1.34. The van der Waals surface area contributed by atoms with Crippen LogP contribution in [0.4, 0.5) is 23.4 Å². The van der Waals surface area contributed by atoms with Gasteiger partial charge in [0.05, 0.1) is 11.2 Å². The van der Waals surface area contributed by atoms with E-state index in [9.17, 15) is 17.6 Å². The van der Waals surface area contributed by atoms with E-state index >= 15 is 0 Å². The Balaban J connectivity index is 1.48. The van der Waals surface area contributed by atoms with Crippen LogP contribution in [0.25, 0.3) is 33.5 Å². The van der Waals surface area contributed by atoms with E-state index in [4.69, 9.17) is 4.98 Å². The van der Waals surface area contributed by atoms with Crippen LogP contribution < -0.4 is 5.32 Å². The van der Waals surface area contributed by atoms with Crippen molar-refractivity contribution in [2.75, 3.05) is 5.32 Å². The largest absolute Gasteiger partial charge is 0.367 e. The van der Waals surface area contributed by atoms with Crippen LogP contribution in [0.2, 0.25) is 0 Å². The Kier molecular flexibility index (Phi) is 5.27. The van der Waals surface area contributed by atoms with Crippen molar-refractivity contribution >= 4 is 16.7 Å². The molecule has 2 atom stereocenters. The predicted molar refractivity (Wildman–Crippen MR) is 127 cm³/mol. The van der Waals surface area contributed by atoms with Crippen molar-refractivity contribution in [2.45, 2.75) is 38.6 Å². The van der Waals surface area contributed by atoms with E-state index < -0.39 is 23.3 Å². The summed E-state index contributed by atoms with van der Waals surface area (Å²) in [7, 11) is 0. The molecule has 3 saturated carbocycles. The van der Waals surface area contributed by atoms with Crippen molar-refractivity contribution in [3.63, 3.8) is 0 Å². The maximum absolute atomic E-state index is 14.3. The first-order valence-electron chi connectivity index (χ1n) is 11.9. The molecule has 4 nitrogen and oxygen atoms in total. The first-order valence-corrected chi connectivity index (χ1v) is 11.9. The molecule has 35 heavy (non-hydrogen) atoms. The summed E-state index contributed by atoms with van der Waals surface area (Å²) in [4.78, 5) is 12.1. The van der Waals surface area contributed by atoms with Crippen LogP contribution in [0.3, 0.4) is 0 Å². The number of benzene rings is 2. The molecule has 7 rings (SSSR count). The summed E-state index contributed by atoms with van der Waals surface area (Å²) in [6.07, 6.45) is 6.35. The number of rotatable bonds is 4. The molecule has 0 spiro atoms. The minimum Gasteiger partial charge on any atom is -0.367 e. The van der Waals surface area contributed by atoms with Crippen molar-refractivity contribution in [3.8, 4) is 22.6 Å². The third kappa shape index (κ3) is 3.85. The summed E-state index contributed by atoms with van der Waals surface area (Å²) in [6.45, 7) is 2.26. The second-order valence-corrected chi connectivity index (χ2v) is 9.81. The van der Waals surface area contributed by atoms with Gasteiger partial charge in [0.25, 0.3) is 0 Å². The van der Waals surface area contributed by atoms with Crippen molar-refractivity contribution in [3.05, 3.63) is 65.9 Å². The molecule has 3 aliphatic carbocycles. The molecule has 2 heterocycles. The summed E-state index contributed by atoms with van der Waals surface area (Å²) >= 11 is 0. The molecule has 0 aliphatic heterocycles. The van der Waals surface area contributed by atoms with E-state index in [2.05, 4.69) is 22.2 Å². The first kappa shape index (κ1) is 22.1. The lowest BCUT2D eigenvalue weighted by Gasteiger charge is -2.47. The lowest BCUT2D eigenvalue weighted by atomic mass is 9.62. The van der Waals surface area contributed by atoms with Crippen LogP contribution in [0.1, 0.15) is 32.6 Å². The highest BCUT2D eigenvalue weighted by molar-refractivity contribution is 5.94. The molecule has 4 aromatic rings. The highest BCUT2D eigenvalue weighted by atomic mass is 19.2. The topological polar surface area (TPSA) is 53.6 Å². The zero-order chi connectivity index (χ0) is 24.3. The van der Waals surface area contributed by atoms with Gasteiger partial charge in [-0.05, 0) is 67.7 Å². The van der Waals surface area contributed by atoms with Crippen LogP contribution in [-0.2, 0) is 0 Å². The van der Waals surface area contributed by atoms with Gasteiger partial charge in [-0.25, -0.2) is 27.5 Å². The Bertz CT molecular complexity index is 1420. The Labute approximate surface area is 199 Å². The molecule has 0 unspecified atom stereocenters. The molecule has 2 bridgehead atoms. The molecule has 2 N–H and O–H groups in total. The fourth-order valence-corrected chi connectivity index (χ4v) is 5.96. The van der Waals surface area contributed by atoms with Gasteiger partial charge in [0, 0.05) is 40.9 Å². The van der Waals surface area contributed by atoms with Crippen LogP contribution in [0.15, 0.2) is 42.6 Å². The molecule has 0 radical (unpaired) electrons. The fourth-order valence-electron chi connectivity index (χ4n) is 5.96. The average molecular weight is 481 g/mol. The second kappa shape index (κ2) is 8.36. The number of fused-ring (bicyclic) bond motifs is 4. The average Bonchev–Trinajstić information content (AvgIpc) is 3.27. The minimum absolute atomic E-state index is 0.149. The molecule has 0 saturated heterocycles. The van der Waals surface area contributed by atoms with E-state index in [-0.39, 0.29) is 17.4 Å². The Morgan fingerprint density at radius 2 is 1.63 bits per heavy atom. The first-order chi connectivity index (χ1) is 16.9. The number of hydrogen-bond donors (Lipinski definition) is 2. The Morgan fingerprint density at radius 1 is 0.857 bits per heavy atom. The standard InChI is InChI=1S/C27H24F4N4/c1-13-14-2-4-15(5-3-14)25(13)34-24-11-23(16-6-7-20(29)21(30)8-16)33-27(35-24)19-12-32-26-18(19)9-17(28)10-22(26)31/h6-15,25,32H,2-5H2,1H3,(H,33,34,35)/t13-,14?,15?,25+/m0/s1. The van der Waals surface area contributed by atoms with E-state index in [0.29, 0.717) is 45.8 Å². The number of halogens is 4. The number of hydrogen-bond acceptors (Lipinski definition) is 3. The third-order valence-corrected chi connectivity index (χ3v) is 7.84. The minimum atomic E-state index is -0.980. The molecule has 2 aromatic carbocycles. The van der Waals surface area contributed by atoms with Gasteiger partial charge in [-0.3, -0.25) is 0 Å². The van der Waals surface area contributed by atoms with Crippen LogP contribution in [0.5, 0.6) is 0 Å². The summed E-state index contributed by atoms with van der Waals surface area (Å²) in [5, 5.41) is 3.90. The van der Waals surface area contributed by atoms with Gasteiger partial charge in [-0.15, -0.1) is 0 Å². The van der Waals surface area contributed by atoms with Gasteiger partial charge in [0.2, 0.25) is 0 Å². The van der Waals surface area contributed by atoms with Crippen molar-refractivity contribution < 1.29 is 17.6 Å². The number of anilines is 1. The highest BCUT2D eigenvalue weighted by Gasteiger charge is 2.41. The molecule has 3 fully saturated rings. The zero-order valence-corrected chi connectivity index (χ0v) is 19.1. The summed E-state index contributed by atoms with van der Waals surface area (Å²) in [6, 6.07) is 7.60. The monoisotopic (exact) mass is 480 g/mol. The van der Waals surface area contributed by atoms with Crippen molar-refractivity contribution in [1.82, 2.24) is 15.0 Å². The van der Waals surface area contributed by atoms with Crippen LogP contribution >= 0.6 is 0 Å². The zero-order valence-electron chi connectivity index (χ0n) is 19.1. The van der Waals surface area contributed by atoms with Gasteiger partial charge in [0.15, 0.2) is 17.5 Å². The number of aromatic nitrogens is 3. The van der Waals surface area contributed by atoms with E-state index in [1.807, 2.05) is 0 Å². The quantitative estimate of drug-likeness (QED) is 0.307. The number of nitrogens with one attached hydrogen (secondary N) is 2. The van der Waals surface area contributed by atoms with Gasteiger partial charge >= 0.3 is 0 Å². The molecular weight excluding hydrogens is 456 g/mol. The lowest BCUT2D eigenvalue weighted by Crippen LogP contribution is -2.47. The third-order valence-electron chi connectivity index (χ3n) is 7.84. The maximum Gasteiger partial charge on any atom is 0.164 e. The molecule has 8 heteroatoms. The van der Waals surface area contributed by atoms with E-state index in [1.165, 1.54) is 44.0 Å². The molecular formula is C27H24F4N4. The normalized spacial score (nSPS) is 23.7. The molecule has 3 aliphatic rings. The summed E-state index contributed by atoms with van der Waals surface area (Å²) < 4.78 is 56.0. The van der Waals surface area contributed by atoms with Gasteiger partial charge < -0.3 is 10.3 Å². The number of nitrogens with zero attached hydrogens (tertiary/aromatic N) is 2. The fraction of sp³-hybridized carbons (Fsp3) is 0.333.